The quantitative estimate of drug-likeness (QED) is 0.755. The lowest BCUT2D eigenvalue weighted by Crippen LogP contribution is -1.91. The van der Waals surface area contributed by atoms with Gasteiger partial charge >= 0.3 is 5.97 Å². The Morgan fingerprint density at radius 3 is 2.67 bits per heavy atom. The third-order valence-corrected chi connectivity index (χ3v) is 1.34. The van der Waals surface area contributed by atoms with E-state index in [-0.39, 0.29) is 5.76 Å². The van der Waals surface area contributed by atoms with Gasteiger partial charge in [-0.2, -0.15) is 0 Å². The van der Waals surface area contributed by atoms with Crippen LogP contribution in [0.1, 0.15) is 10.6 Å². The van der Waals surface area contributed by atoms with E-state index >= 15 is 0 Å². The summed E-state index contributed by atoms with van der Waals surface area (Å²) in [7, 11) is 0. The summed E-state index contributed by atoms with van der Waals surface area (Å²) in [6, 6.07) is 1.46. The van der Waals surface area contributed by atoms with Gasteiger partial charge in [-0.25, -0.2) is 4.79 Å². The summed E-state index contributed by atoms with van der Waals surface area (Å²) in [6.45, 7) is 0. The molecule has 1 rings (SSSR count). The summed E-state index contributed by atoms with van der Waals surface area (Å²) in [6.07, 6.45) is 1.39. The van der Waals surface area contributed by atoms with Crippen LogP contribution in [0.3, 0.4) is 0 Å². The Labute approximate surface area is 64.8 Å². The molecule has 4 heteroatoms. The largest absolute Gasteiger partial charge is 0.475 e. The van der Waals surface area contributed by atoms with E-state index in [0.717, 1.165) is 3.57 Å². The van der Waals surface area contributed by atoms with E-state index in [1.165, 1.54) is 12.3 Å². The number of halogens is 1. The Bertz CT molecular complexity index is 228. The molecule has 1 N–H and O–H groups in total. The van der Waals surface area contributed by atoms with E-state index in [4.69, 9.17) is 5.11 Å². The van der Waals surface area contributed by atoms with Crippen LogP contribution in [0.2, 0.25) is 0 Å². The second-order valence-corrected chi connectivity index (χ2v) is 2.68. The van der Waals surface area contributed by atoms with E-state index in [1.54, 1.807) is 0 Å². The summed E-state index contributed by atoms with van der Waals surface area (Å²) >= 11 is 1.98. The molecule has 3 nitrogen and oxygen atoms in total. The highest BCUT2D eigenvalue weighted by Gasteiger charge is 2.05. The lowest BCUT2D eigenvalue weighted by Gasteiger charge is -1.79. The molecule has 0 aliphatic heterocycles. The predicted octanol–water partition coefficient (Wildman–Crippen LogP) is 1.58. The van der Waals surface area contributed by atoms with Gasteiger partial charge in [0.25, 0.3) is 0 Å². The third-order valence-electron chi connectivity index (χ3n) is 0.778. The van der Waals surface area contributed by atoms with Crippen LogP contribution in [0, 0.1) is 3.57 Å². The molecule has 1 heterocycles. The van der Waals surface area contributed by atoms with Crippen LogP contribution in [-0.2, 0) is 0 Å². The van der Waals surface area contributed by atoms with Gasteiger partial charge in [0.15, 0.2) is 0 Å². The molecular formula is C5H3IO3. The molecule has 0 aliphatic carbocycles. The molecule has 9 heavy (non-hydrogen) atoms. The van der Waals surface area contributed by atoms with Gasteiger partial charge in [0.1, 0.15) is 6.26 Å². The molecule has 0 spiro atoms. The highest BCUT2D eigenvalue weighted by molar-refractivity contribution is 14.1. The topological polar surface area (TPSA) is 50.4 Å². The zero-order valence-electron chi connectivity index (χ0n) is 4.30. The Morgan fingerprint density at radius 2 is 2.44 bits per heavy atom. The van der Waals surface area contributed by atoms with Gasteiger partial charge in [-0.1, -0.05) is 0 Å². The maximum atomic E-state index is 10.1. The highest BCUT2D eigenvalue weighted by Crippen LogP contribution is 2.09. The van der Waals surface area contributed by atoms with Crippen LogP contribution in [-0.4, -0.2) is 11.1 Å². The lowest BCUT2D eigenvalue weighted by molar-refractivity contribution is 0.0662. The van der Waals surface area contributed by atoms with Gasteiger partial charge in [-0.15, -0.1) is 0 Å². The fraction of sp³-hybridized carbons (Fsp3) is 0. The van der Waals surface area contributed by atoms with Crippen LogP contribution >= 0.6 is 22.6 Å². The van der Waals surface area contributed by atoms with Crippen LogP contribution in [0.25, 0.3) is 0 Å². The lowest BCUT2D eigenvalue weighted by atomic mass is 10.5. The second-order valence-electron chi connectivity index (χ2n) is 1.43. The van der Waals surface area contributed by atoms with E-state index < -0.39 is 5.97 Å². The van der Waals surface area contributed by atoms with Gasteiger partial charge in [0.05, 0.1) is 3.57 Å². The smallest absolute Gasteiger partial charge is 0.371 e. The van der Waals surface area contributed by atoms with Crippen molar-refractivity contribution < 1.29 is 14.3 Å². The Hall–Kier alpha value is -0.520. The van der Waals surface area contributed by atoms with Crippen LogP contribution in [0.5, 0.6) is 0 Å². The zero-order chi connectivity index (χ0) is 6.85. The predicted molar refractivity (Wildman–Crippen MR) is 38.4 cm³/mol. The third kappa shape index (κ3) is 1.44. The van der Waals surface area contributed by atoms with Crippen LogP contribution in [0.15, 0.2) is 16.7 Å². The minimum atomic E-state index is -1.03. The molecule has 1 aromatic rings. The van der Waals surface area contributed by atoms with Gasteiger partial charge in [0.2, 0.25) is 5.76 Å². The standard InChI is InChI=1S/C5H3IO3/c6-3-1-4(5(7)8)9-2-3/h1-2H,(H,7,8). The summed E-state index contributed by atoms with van der Waals surface area (Å²) in [5.41, 5.74) is 0. The van der Waals surface area contributed by atoms with E-state index in [9.17, 15) is 4.79 Å². The van der Waals surface area contributed by atoms with Gasteiger partial charge in [-0.05, 0) is 22.6 Å². The van der Waals surface area contributed by atoms with Gasteiger partial charge in [-0.3, -0.25) is 0 Å². The molecule has 0 saturated carbocycles. The van der Waals surface area contributed by atoms with E-state index in [1.807, 2.05) is 22.6 Å². The minimum Gasteiger partial charge on any atom is -0.475 e. The molecule has 0 aliphatic rings. The zero-order valence-corrected chi connectivity index (χ0v) is 6.45. The van der Waals surface area contributed by atoms with Crippen molar-refractivity contribution in [3.63, 3.8) is 0 Å². The normalized spacial score (nSPS) is 9.44. The SMILES string of the molecule is O=C(O)c1cc(I)co1. The second kappa shape index (κ2) is 2.38. The van der Waals surface area contributed by atoms with Crippen molar-refractivity contribution in [1.82, 2.24) is 0 Å². The maximum Gasteiger partial charge on any atom is 0.371 e. The first kappa shape index (κ1) is 6.60. The van der Waals surface area contributed by atoms with Crippen molar-refractivity contribution in [1.29, 1.82) is 0 Å². The van der Waals surface area contributed by atoms with Crippen LogP contribution in [0.4, 0.5) is 0 Å². The molecule has 48 valence electrons. The Morgan fingerprint density at radius 1 is 1.78 bits per heavy atom. The Kier molecular flexibility index (Phi) is 1.75. The molecule has 0 bridgehead atoms. The van der Waals surface area contributed by atoms with Crippen molar-refractivity contribution >= 4 is 28.6 Å². The van der Waals surface area contributed by atoms with E-state index in [2.05, 4.69) is 4.42 Å². The molecule has 0 radical (unpaired) electrons. The van der Waals surface area contributed by atoms with Crippen molar-refractivity contribution in [2.45, 2.75) is 0 Å². The maximum absolute atomic E-state index is 10.1. The monoisotopic (exact) mass is 238 g/mol. The number of carboxylic acid groups (broad SMARTS) is 1. The fourth-order valence-corrected chi connectivity index (χ4v) is 0.835. The first-order valence-corrected chi connectivity index (χ1v) is 3.25. The summed E-state index contributed by atoms with van der Waals surface area (Å²) < 4.78 is 5.41. The molecule has 0 fully saturated rings. The summed E-state index contributed by atoms with van der Waals surface area (Å²) in [5.74, 6) is -1.04. The number of carbonyl (C=O) groups is 1. The number of furan rings is 1. The first-order chi connectivity index (χ1) is 4.20. The summed E-state index contributed by atoms with van der Waals surface area (Å²) in [5, 5.41) is 8.30. The highest BCUT2D eigenvalue weighted by atomic mass is 127. The number of hydrogen-bond acceptors (Lipinski definition) is 2. The molecular weight excluding hydrogens is 235 g/mol. The van der Waals surface area contributed by atoms with Crippen molar-refractivity contribution in [2.24, 2.45) is 0 Å². The van der Waals surface area contributed by atoms with E-state index in [0.29, 0.717) is 0 Å². The summed E-state index contributed by atoms with van der Waals surface area (Å²) in [4.78, 5) is 10.1. The van der Waals surface area contributed by atoms with Crippen molar-refractivity contribution in [3.05, 3.63) is 21.7 Å². The van der Waals surface area contributed by atoms with Gasteiger partial charge < -0.3 is 9.52 Å². The van der Waals surface area contributed by atoms with Gasteiger partial charge in [0, 0.05) is 6.07 Å². The van der Waals surface area contributed by atoms with Crippen LogP contribution < -0.4 is 0 Å². The average Bonchev–Trinajstić information content (AvgIpc) is 2.14. The molecule has 0 aromatic carbocycles. The fourth-order valence-electron chi connectivity index (χ4n) is 0.425. The minimum absolute atomic E-state index is 0.0144. The molecule has 0 atom stereocenters. The molecule has 0 unspecified atom stereocenters. The van der Waals surface area contributed by atoms with Crippen molar-refractivity contribution in [2.75, 3.05) is 0 Å². The number of aromatic carboxylic acids is 1. The molecule has 0 amide bonds. The number of hydrogen-bond donors (Lipinski definition) is 1. The molecule has 0 saturated heterocycles. The first-order valence-electron chi connectivity index (χ1n) is 2.17. The van der Waals surface area contributed by atoms with Crippen molar-refractivity contribution in [3.8, 4) is 0 Å². The average molecular weight is 238 g/mol. The molecule has 1 aromatic heterocycles. The number of carboxylic acids is 1. The Balaban J connectivity index is 2.98. The number of rotatable bonds is 1.